The van der Waals surface area contributed by atoms with Crippen molar-refractivity contribution in [1.82, 2.24) is 10.6 Å². The van der Waals surface area contributed by atoms with E-state index in [1.807, 2.05) is 6.92 Å². The number of hydrogen-bond acceptors (Lipinski definition) is 4. The van der Waals surface area contributed by atoms with Crippen LogP contribution in [-0.2, 0) is 19.1 Å². The molecule has 4 fully saturated rings. The number of esters is 1. The van der Waals surface area contributed by atoms with E-state index in [9.17, 15) is 14.4 Å². The molecule has 0 atom stereocenters. The predicted octanol–water partition coefficient (Wildman–Crippen LogP) is 1.78. The lowest BCUT2D eigenvalue weighted by Gasteiger charge is -2.56. The third-order valence-corrected chi connectivity index (χ3v) is 6.07. The quantitative estimate of drug-likeness (QED) is 0.654. The van der Waals surface area contributed by atoms with Crippen LogP contribution in [0.1, 0.15) is 58.3 Å². The average Bonchev–Trinajstić information content (AvgIpc) is 2.54. The summed E-state index contributed by atoms with van der Waals surface area (Å²) in [7, 11) is 0. The fourth-order valence-corrected chi connectivity index (χ4v) is 5.59. The first-order valence-electron chi connectivity index (χ1n) is 9.67. The van der Waals surface area contributed by atoms with Crippen LogP contribution in [-0.4, -0.2) is 37.5 Å². The molecule has 4 saturated carbocycles. The lowest BCUT2D eigenvalue weighted by molar-refractivity contribution is -0.148. The molecule has 0 saturated heterocycles. The van der Waals surface area contributed by atoms with Gasteiger partial charge in [0, 0.05) is 13.0 Å². The molecule has 2 amide bonds. The number of ether oxygens (including phenoxy) is 1. The Hall–Kier alpha value is -1.59. The van der Waals surface area contributed by atoms with Crippen LogP contribution in [0.3, 0.4) is 0 Å². The highest BCUT2D eigenvalue weighted by Gasteiger charge is 2.51. The third kappa shape index (κ3) is 4.73. The normalized spacial score (nSPS) is 32.3. The number of carbonyl (C=O) groups excluding carboxylic acids is 3. The molecule has 4 aliphatic rings. The van der Waals surface area contributed by atoms with Gasteiger partial charge in [0.05, 0.1) is 0 Å². The molecule has 0 aromatic carbocycles. The number of carbonyl (C=O) groups is 3. The van der Waals surface area contributed by atoms with E-state index in [0.29, 0.717) is 13.0 Å². The van der Waals surface area contributed by atoms with Crippen LogP contribution in [0.2, 0.25) is 0 Å². The van der Waals surface area contributed by atoms with Gasteiger partial charge in [-0.3, -0.25) is 14.4 Å². The summed E-state index contributed by atoms with van der Waals surface area (Å²) < 4.78 is 4.88. The van der Waals surface area contributed by atoms with E-state index in [2.05, 4.69) is 10.6 Å². The van der Waals surface area contributed by atoms with Gasteiger partial charge in [-0.1, -0.05) is 6.92 Å². The summed E-state index contributed by atoms with van der Waals surface area (Å²) in [6, 6.07) is 0. The maximum absolute atomic E-state index is 12.3. The van der Waals surface area contributed by atoms with Gasteiger partial charge < -0.3 is 15.4 Å². The largest absolute Gasteiger partial charge is 0.454 e. The SMILES string of the molecule is CCCNC(=O)COC(=O)CNC(=O)CC12CC3CC(CC(C3)C1)C2. The Morgan fingerprint density at radius 2 is 1.56 bits per heavy atom. The van der Waals surface area contributed by atoms with Crippen LogP contribution in [0.25, 0.3) is 0 Å². The summed E-state index contributed by atoms with van der Waals surface area (Å²) in [5.41, 5.74) is 0.169. The van der Waals surface area contributed by atoms with Gasteiger partial charge in [0.25, 0.3) is 5.91 Å². The van der Waals surface area contributed by atoms with Gasteiger partial charge in [-0.15, -0.1) is 0 Å². The summed E-state index contributed by atoms with van der Waals surface area (Å²) in [4.78, 5) is 35.4. The van der Waals surface area contributed by atoms with Gasteiger partial charge in [0.1, 0.15) is 6.54 Å². The zero-order valence-electron chi connectivity index (χ0n) is 15.1. The van der Waals surface area contributed by atoms with E-state index in [0.717, 1.165) is 24.2 Å². The highest BCUT2D eigenvalue weighted by molar-refractivity contribution is 5.84. The summed E-state index contributed by atoms with van der Waals surface area (Å²) in [5.74, 6) is 1.50. The van der Waals surface area contributed by atoms with Gasteiger partial charge in [-0.2, -0.15) is 0 Å². The van der Waals surface area contributed by atoms with Gasteiger partial charge in [-0.25, -0.2) is 0 Å². The van der Waals surface area contributed by atoms with Crippen molar-refractivity contribution in [2.75, 3.05) is 19.7 Å². The summed E-state index contributed by atoms with van der Waals surface area (Å²) in [6.07, 6.45) is 8.95. The molecule has 0 unspecified atom stereocenters. The second-order valence-electron chi connectivity index (χ2n) is 8.38. The molecule has 0 spiro atoms. The summed E-state index contributed by atoms with van der Waals surface area (Å²) in [5, 5.41) is 5.31. The predicted molar refractivity (Wildman–Crippen MR) is 92.5 cm³/mol. The second-order valence-corrected chi connectivity index (χ2v) is 8.38. The van der Waals surface area contributed by atoms with Crippen molar-refractivity contribution in [2.24, 2.45) is 23.2 Å². The molecule has 140 valence electrons. The van der Waals surface area contributed by atoms with Crippen LogP contribution < -0.4 is 10.6 Å². The zero-order chi connectivity index (χ0) is 17.9. The molecule has 6 nitrogen and oxygen atoms in total. The molecule has 0 heterocycles. The first-order valence-corrected chi connectivity index (χ1v) is 9.67. The number of hydrogen-bond donors (Lipinski definition) is 2. The highest BCUT2D eigenvalue weighted by atomic mass is 16.5. The van der Waals surface area contributed by atoms with Crippen molar-refractivity contribution in [2.45, 2.75) is 58.3 Å². The fourth-order valence-electron chi connectivity index (χ4n) is 5.59. The van der Waals surface area contributed by atoms with E-state index in [1.165, 1.54) is 38.5 Å². The molecule has 0 aliphatic heterocycles. The van der Waals surface area contributed by atoms with Crippen LogP contribution in [0.15, 0.2) is 0 Å². The average molecular weight is 350 g/mol. The number of nitrogens with one attached hydrogen (secondary N) is 2. The van der Waals surface area contributed by atoms with Gasteiger partial charge in [0.15, 0.2) is 6.61 Å². The topological polar surface area (TPSA) is 84.5 Å². The molecule has 0 radical (unpaired) electrons. The van der Waals surface area contributed by atoms with Gasteiger partial charge >= 0.3 is 5.97 Å². The number of amides is 2. The maximum atomic E-state index is 12.3. The minimum atomic E-state index is -0.564. The molecule has 4 rings (SSSR count). The minimum absolute atomic E-state index is 0.0608. The zero-order valence-corrected chi connectivity index (χ0v) is 15.1. The van der Waals surface area contributed by atoms with Crippen molar-refractivity contribution >= 4 is 17.8 Å². The lowest BCUT2D eigenvalue weighted by atomic mass is 9.49. The molecule has 25 heavy (non-hydrogen) atoms. The smallest absolute Gasteiger partial charge is 0.325 e. The Morgan fingerprint density at radius 1 is 0.960 bits per heavy atom. The standard InChI is InChI=1S/C19H30N2O4/c1-2-3-20-17(23)12-25-18(24)11-21-16(22)10-19-7-13-4-14(8-19)6-15(5-13)9-19/h13-15H,2-12H2,1H3,(H,20,23)(H,21,22). The Kier molecular flexibility index (Phi) is 5.64. The first-order chi connectivity index (χ1) is 12.0. The van der Waals surface area contributed by atoms with E-state index < -0.39 is 5.97 Å². The Balaban J connectivity index is 1.37. The number of rotatable bonds is 8. The lowest BCUT2D eigenvalue weighted by Crippen LogP contribution is -2.48. The molecule has 0 aromatic heterocycles. The molecule has 2 N–H and O–H groups in total. The third-order valence-electron chi connectivity index (χ3n) is 6.07. The van der Waals surface area contributed by atoms with E-state index in [-0.39, 0.29) is 30.4 Å². The van der Waals surface area contributed by atoms with Gasteiger partial charge in [0.2, 0.25) is 5.91 Å². The van der Waals surface area contributed by atoms with Gasteiger partial charge in [-0.05, 0) is 68.1 Å². The monoisotopic (exact) mass is 350 g/mol. The van der Waals surface area contributed by atoms with Crippen LogP contribution in [0, 0.1) is 23.2 Å². The van der Waals surface area contributed by atoms with E-state index in [1.54, 1.807) is 0 Å². The molecule has 6 heteroatoms. The van der Waals surface area contributed by atoms with E-state index in [4.69, 9.17) is 4.74 Å². The Bertz CT molecular complexity index is 496. The second kappa shape index (κ2) is 7.75. The van der Waals surface area contributed by atoms with Crippen molar-refractivity contribution < 1.29 is 19.1 Å². The van der Waals surface area contributed by atoms with Crippen molar-refractivity contribution in [3.8, 4) is 0 Å². The van der Waals surface area contributed by atoms with E-state index >= 15 is 0 Å². The van der Waals surface area contributed by atoms with Crippen molar-refractivity contribution in [1.29, 1.82) is 0 Å². The minimum Gasteiger partial charge on any atom is -0.454 e. The summed E-state index contributed by atoms with van der Waals surface area (Å²) in [6.45, 7) is 2.07. The highest BCUT2D eigenvalue weighted by Crippen LogP contribution is 2.61. The molecular weight excluding hydrogens is 320 g/mol. The molecule has 4 aliphatic carbocycles. The molecule has 4 bridgehead atoms. The van der Waals surface area contributed by atoms with Crippen LogP contribution >= 0.6 is 0 Å². The van der Waals surface area contributed by atoms with Crippen LogP contribution in [0.4, 0.5) is 0 Å². The Morgan fingerprint density at radius 3 is 2.12 bits per heavy atom. The first kappa shape index (κ1) is 18.2. The van der Waals surface area contributed by atoms with Crippen molar-refractivity contribution in [3.63, 3.8) is 0 Å². The Labute approximate surface area is 149 Å². The fraction of sp³-hybridized carbons (Fsp3) is 0.842. The summed E-state index contributed by atoms with van der Waals surface area (Å²) >= 11 is 0. The molecule has 0 aromatic rings. The van der Waals surface area contributed by atoms with Crippen LogP contribution in [0.5, 0.6) is 0 Å². The van der Waals surface area contributed by atoms with Crippen molar-refractivity contribution in [3.05, 3.63) is 0 Å². The maximum Gasteiger partial charge on any atom is 0.325 e. The molecular formula is C19H30N2O4.